The zero-order valence-corrected chi connectivity index (χ0v) is 10.7. The second-order valence-electron chi connectivity index (χ2n) is 4.07. The van der Waals surface area contributed by atoms with Crippen LogP contribution in [0, 0.1) is 6.92 Å². The third-order valence-electron chi connectivity index (χ3n) is 2.56. The van der Waals surface area contributed by atoms with Gasteiger partial charge in [-0.05, 0) is 31.5 Å². The van der Waals surface area contributed by atoms with Crippen molar-refractivity contribution in [2.75, 3.05) is 6.54 Å². The van der Waals surface area contributed by atoms with Gasteiger partial charge in [0.05, 0.1) is 5.69 Å². The van der Waals surface area contributed by atoms with Crippen molar-refractivity contribution in [3.63, 3.8) is 0 Å². The normalized spacial score (nSPS) is 10.6. The van der Waals surface area contributed by atoms with E-state index in [1.807, 2.05) is 13.1 Å². The smallest absolute Gasteiger partial charge is 0.197 e. The molecule has 0 aromatic carbocycles. The second-order valence-corrected chi connectivity index (χ2v) is 4.07. The van der Waals surface area contributed by atoms with Crippen molar-refractivity contribution in [2.24, 2.45) is 0 Å². The van der Waals surface area contributed by atoms with E-state index in [0.717, 1.165) is 30.8 Å². The largest absolute Gasteiger partial charge is 0.311 e. The molecule has 0 radical (unpaired) electrons. The predicted octanol–water partition coefficient (Wildman–Crippen LogP) is 1.74. The van der Waals surface area contributed by atoms with Crippen LogP contribution in [0.15, 0.2) is 24.7 Å². The molecule has 0 bridgehead atoms. The maximum atomic E-state index is 4.52. The van der Waals surface area contributed by atoms with E-state index in [4.69, 9.17) is 0 Å². The molecule has 2 heterocycles. The van der Waals surface area contributed by atoms with Crippen LogP contribution in [0.1, 0.15) is 24.6 Å². The number of aromatic nitrogens is 4. The van der Waals surface area contributed by atoms with Gasteiger partial charge in [0.1, 0.15) is 0 Å². The van der Waals surface area contributed by atoms with Crippen molar-refractivity contribution >= 4 is 0 Å². The summed E-state index contributed by atoms with van der Waals surface area (Å²) in [5, 5.41) is 3.34. The Morgan fingerprint density at radius 1 is 1.11 bits per heavy atom. The van der Waals surface area contributed by atoms with E-state index in [-0.39, 0.29) is 0 Å². The molecular weight excluding hydrogens is 226 g/mol. The molecule has 18 heavy (non-hydrogen) atoms. The molecule has 2 aromatic heterocycles. The first-order chi connectivity index (χ1) is 8.81. The van der Waals surface area contributed by atoms with E-state index in [2.05, 4.69) is 32.2 Å². The van der Waals surface area contributed by atoms with E-state index in [0.29, 0.717) is 11.6 Å². The molecule has 94 valence electrons. The van der Waals surface area contributed by atoms with E-state index in [1.54, 1.807) is 18.5 Å². The average molecular weight is 243 g/mol. The SMILES string of the molecule is CCCNCc1nc(-c2ncccn2)ncc1C. The highest BCUT2D eigenvalue weighted by atomic mass is 15.0. The Morgan fingerprint density at radius 3 is 2.61 bits per heavy atom. The molecule has 0 aliphatic carbocycles. The number of hydrogen-bond acceptors (Lipinski definition) is 5. The summed E-state index contributed by atoms with van der Waals surface area (Å²) in [7, 11) is 0. The fourth-order valence-electron chi connectivity index (χ4n) is 1.56. The molecule has 0 aliphatic heterocycles. The van der Waals surface area contributed by atoms with Gasteiger partial charge >= 0.3 is 0 Å². The molecule has 0 unspecified atom stereocenters. The van der Waals surface area contributed by atoms with Crippen LogP contribution in [-0.2, 0) is 6.54 Å². The van der Waals surface area contributed by atoms with Gasteiger partial charge in [0, 0.05) is 25.1 Å². The van der Waals surface area contributed by atoms with Gasteiger partial charge in [-0.15, -0.1) is 0 Å². The first-order valence-corrected chi connectivity index (χ1v) is 6.12. The molecule has 1 N–H and O–H groups in total. The zero-order valence-electron chi connectivity index (χ0n) is 10.7. The fourth-order valence-corrected chi connectivity index (χ4v) is 1.56. The minimum absolute atomic E-state index is 0.564. The average Bonchev–Trinajstić information content (AvgIpc) is 2.42. The van der Waals surface area contributed by atoms with Gasteiger partial charge in [0.2, 0.25) is 0 Å². The Morgan fingerprint density at radius 2 is 1.89 bits per heavy atom. The highest BCUT2D eigenvalue weighted by Gasteiger charge is 2.07. The summed E-state index contributed by atoms with van der Waals surface area (Å²) in [5.74, 6) is 1.14. The Bertz CT molecular complexity index is 498. The molecule has 2 rings (SSSR count). The number of nitrogens with one attached hydrogen (secondary N) is 1. The Hall–Kier alpha value is -1.88. The van der Waals surface area contributed by atoms with Gasteiger partial charge in [0.15, 0.2) is 11.6 Å². The summed E-state index contributed by atoms with van der Waals surface area (Å²) in [5.41, 5.74) is 2.08. The summed E-state index contributed by atoms with van der Waals surface area (Å²) in [4.78, 5) is 17.1. The lowest BCUT2D eigenvalue weighted by Gasteiger charge is -2.07. The number of nitrogens with zero attached hydrogens (tertiary/aromatic N) is 4. The van der Waals surface area contributed by atoms with Crippen LogP contribution in [0.4, 0.5) is 0 Å². The highest BCUT2D eigenvalue weighted by molar-refractivity contribution is 5.42. The van der Waals surface area contributed by atoms with Crippen LogP contribution in [0.3, 0.4) is 0 Å². The van der Waals surface area contributed by atoms with Gasteiger partial charge in [-0.25, -0.2) is 19.9 Å². The summed E-state index contributed by atoms with van der Waals surface area (Å²) in [6.07, 6.45) is 6.32. The van der Waals surface area contributed by atoms with Gasteiger partial charge < -0.3 is 5.32 Å². The molecule has 5 nitrogen and oxygen atoms in total. The third-order valence-corrected chi connectivity index (χ3v) is 2.56. The van der Waals surface area contributed by atoms with Crippen molar-refractivity contribution in [3.05, 3.63) is 35.9 Å². The number of hydrogen-bond donors (Lipinski definition) is 1. The minimum Gasteiger partial charge on any atom is -0.311 e. The van der Waals surface area contributed by atoms with E-state index >= 15 is 0 Å². The minimum atomic E-state index is 0.564. The topological polar surface area (TPSA) is 63.6 Å². The lowest BCUT2D eigenvalue weighted by atomic mass is 10.2. The van der Waals surface area contributed by atoms with E-state index in [9.17, 15) is 0 Å². The van der Waals surface area contributed by atoms with E-state index in [1.165, 1.54) is 0 Å². The monoisotopic (exact) mass is 243 g/mol. The van der Waals surface area contributed by atoms with Crippen molar-refractivity contribution in [1.82, 2.24) is 25.3 Å². The zero-order chi connectivity index (χ0) is 12.8. The molecule has 0 spiro atoms. The van der Waals surface area contributed by atoms with Crippen molar-refractivity contribution in [1.29, 1.82) is 0 Å². The van der Waals surface area contributed by atoms with Gasteiger partial charge in [-0.3, -0.25) is 0 Å². The molecule has 5 heteroatoms. The quantitative estimate of drug-likeness (QED) is 0.810. The standard InChI is InChI=1S/C13H17N5/c1-3-5-14-9-11-10(2)8-17-13(18-11)12-15-6-4-7-16-12/h4,6-8,14H,3,5,9H2,1-2H3. The molecule has 0 fully saturated rings. The molecule has 0 aliphatic rings. The maximum absolute atomic E-state index is 4.52. The van der Waals surface area contributed by atoms with Gasteiger partial charge in [0.25, 0.3) is 0 Å². The van der Waals surface area contributed by atoms with Crippen LogP contribution >= 0.6 is 0 Å². The Balaban J connectivity index is 2.21. The number of rotatable bonds is 5. The Labute approximate surface area is 107 Å². The molecule has 0 saturated heterocycles. The molecule has 0 atom stereocenters. The van der Waals surface area contributed by atoms with Crippen LogP contribution < -0.4 is 5.32 Å². The molecular formula is C13H17N5. The Kier molecular flexibility index (Phi) is 4.30. The summed E-state index contributed by atoms with van der Waals surface area (Å²) < 4.78 is 0. The fraction of sp³-hybridized carbons (Fsp3) is 0.385. The first-order valence-electron chi connectivity index (χ1n) is 6.12. The van der Waals surface area contributed by atoms with Crippen LogP contribution in [0.5, 0.6) is 0 Å². The van der Waals surface area contributed by atoms with Crippen molar-refractivity contribution < 1.29 is 0 Å². The lowest BCUT2D eigenvalue weighted by molar-refractivity contribution is 0.660. The van der Waals surface area contributed by atoms with Crippen LogP contribution in [0.25, 0.3) is 11.6 Å². The molecule has 0 amide bonds. The first kappa shape index (κ1) is 12.6. The summed E-state index contributed by atoms with van der Waals surface area (Å²) >= 11 is 0. The number of aryl methyl sites for hydroxylation is 1. The summed E-state index contributed by atoms with van der Waals surface area (Å²) in [6.45, 7) is 5.89. The maximum Gasteiger partial charge on any atom is 0.197 e. The van der Waals surface area contributed by atoms with Crippen molar-refractivity contribution in [3.8, 4) is 11.6 Å². The predicted molar refractivity (Wildman–Crippen MR) is 69.8 cm³/mol. The second kappa shape index (κ2) is 6.16. The van der Waals surface area contributed by atoms with E-state index < -0.39 is 0 Å². The molecule has 2 aromatic rings. The van der Waals surface area contributed by atoms with Crippen LogP contribution in [-0.4, -0.2) is 26.5 Å². The van der Waals surface area contributed by atoms with Crippen molar-refractivity contribution in [2.45, 2.75) is 26.8 Å². The van der Waals surface area contributed by atoms with Crippen LogP contribution in [0.2, 0.25) is 0 Å². The third kappa shape index (κ3) is 3.07. The van der Waals surface area contributed by atoms with Gasteiger partial charge in [-0.1, -0.05) is 6.92 Å². The summed E-state index contributed by atoms with van der Waals surface area (Å²) in [6, 6.07) is 1.78. The lowest BCUT2D eigenvalue weighted by Crippen LogP contribution is -2.16. The molecule has 0 saturated carbocycles. The van der Waals surface area contributed by atoms with Gasteiger partial charge in [-0.2, -0.15) is 0 Å². The highest BCUT2D eigenvalue weighted by Crippen LogP contribution is 2.10.